The zero-order valence-corrected chi connectivity index (χ0v) is 14.4. The summed E-state index contributed by atoms with van der Waals surface area (Å²) in [5, 5.41) is 3.53. The molecule has 1 aliphatic rings. The largest absolute Gasteiger partial charge is 0.312 e. The SMILES string of the molecule is CNC(CN(C)C1CCCC(C)C1)c1cc(C)ccc1C. The van der Waals surface area contributed by atoms with Crippen LogP contribution in [0.4, 0.5) is 0 Å². The highest BCUT2D eigenvalue weighted by atomic mass is 15.2. The van der Waals surface area contributed by atoms with Gasteiger partial charge in [-0.25, -0.2) is 0 Å². The summed E-state index contributed by atoms with van der Waals surface area (Å²) in [5.41, 5.74) is 4.20. The third-order valence-electron chi connectivity index (χ3n) is 5.16. The van der Waals surface area contributed by atoms with Gasteiger partial charge >= 0.3 is 0 Å². The van der Waals surface area contributed by atoms with Crippen LogP contribution in [0.15, 0.2) is 18.2 Å². The average Bonchev–Trinajstić information content (AvgIpc) is 2.47. The second-order valence-electron chi connectivity index (χ2n) is 7.07. The van der Waals surface area contributed by atoms with Gasteiger partial charge in [0.1, 0.15) is 0 Å². The first-order chi connectivity index (χ1) is 10.0. The van der Waals surface area contributed by atoms with Crippen molar-refractivity contribution >= 4 is 0 Å². The molecule has 1 saturated carbocycles. The highest BCUT2D eigenvalue weighted by molar-refractivity contribution is 5.33. The molecule has 0 heterocycles. The molecule has 3 atom stereocenters. The predicted octanol–water partition coefficient (Wildman–Crippen LogP) is 4.07. The van der Waals surface area contributed by atoms with E-state index >= 15 is 0 Å². The van der Waals surface area contributed by atoms with Gasteiger partial charge in [-0.1, -0.05) is 43.5 Å². The van der Waals surface area contributed by atoms with Gasteiger partial charge in [-0.05, 0) is 57.8 Å². The van der Waals surface area contributed by atoms with Crippen molar-refractivity contribution in [3.05, 3.63) is 34.9 Å². The number of likely N-dealkylation sites (N-methyl/N-ethyl adjacent to an activating group) is 2. The molecule has 0 bridgehead atoms. The molecule has 0 radical (unpaired) electrons. The summed E-state index contributed by atoms with van der Waals surface area (Å²) < 4.78 is 0. The van der Waals surface area contributed by atoms with Crippen LogP contribution in [0.3, 0.4) is 0 Å². The summed E-state index contributed by atoms with van der Waals surface area (Å²) in [6.07, 6.45) is 5.53. The molecule has 1 aromatic rings. The van der Waals surface area contributed by atoms with E-state index in [9.17, 15) is 0 Å². The normalized spacial score (nSPS) is 24.3. The molecule has 1 fully saturated rings. The van der Waals surface area contributed by atoms with E-state index in [2.05, 4.69) is 63.3 Å². The van der Waals surface area contributed by atoms with Gasteiger partial charge in [0.2, 0.25) is 0 Å². The summed E-state index contributed by atoms with van der Waals surface area (Å²) in [7, 11) is 4.39. The molecule has 0 aromatic heterocycles. The first-order valence-corrected chi connectivity index (χ1v) is 8.46. The Balaban J connectivity index is 2.06. The van der Waals surface area contributed by atoms with Gasteiger partial charge in [0.05, 0.1) is 0 Å². The van der Waals surface area contributed by atoms with Gasteiger partial charge in [-0.3, -0.25) is 0 Å². The van der Waals surface area contributed by atoms with Crippen LogP contribution >= 0.6 is 0 Å². The van der Waals surface area contributed by atoms with Gasteiger partial charge in [0.15, 0.2) is 0 Å². The van der Waals surface area contributed by atoms with E-state index in [1.54, 1.807) is 0 Å². The van der Waals surface area contributed by atoms with E-state index < -0.39 is 0 Å². The molecule has 118 valence electrons. The molecular weight excluding hydrogens is 256 g/mol. The Kier molecular flexibility index (Phi) is 5.83. The van der Waals surface area contributed by atoms with E-state index in [4.69, 9.17) is 0 Å². The third-order valence-corrected chi connectivity index (χ3v) is 5.16. The molecule has 1 N–H and O–H groups in total. The highest BCUT2D eigenvalue weighted by Crippen LogP contribution is 2.28. The molecule has 2 nitrogen and oxygen atoms in total. The number of benzene rings is 1. The monoisotopic (exact) mass is 288 g/mol. The van der Waals surface area contributed by atoms with Crippen molar-refractivity contribution in [3.8, 4) is 0 Å². The lowest BCUT2D eigenvalue weighted by Crippen LogP contribution is -2.40. The number of nitrogens with one attached hydrogen (secondary N) is 1. The van der Waals surface area contributed by atoms with Crippen molar-refractivity contribution in [1.82, 2.24) is 10.2 Å². The quantitative estimate of drug-likeness (QED) is 0.878. The lowest BCUT2D eigenvalue weighted by molar-refractivity contribution is 0.152. The van der Waals surface area contributed by atoms with E-state index in [1.165, 1.54) is 42.4 Å². The molecule has 1 aromatic carbocycles. The predicted molar refractivity (Wildman–Crippen MR) is 91.8 cm³/mol. The topological polar surface area (TPSA) is 15.3 Å². The van der Waals surface area contributed by atoms with Crippen molar-refractivity contribution in [2.24, 2.45) is 5.92 Å². The second kappa shape index (κ2) is 7.42. The number of nitrogens with zero attached hydrogens (tertiary/aromatic N) is 1. The summed E-state index contributed by atoms with van der Waals surface area (Å²) in [5.74, 6) is 0.889. The number of aryl methyl sites for hydroxylation is 2. The fourth-order valence-corrected chi connectivity index (χ4v) is 3.72. The Morgan fingerprint density at radius 2 is 2.05 bits per heavy atom. The van der Waals surface area contributed by atoms with E-state index in [1.807, 2.05) is 0 Å². The Bertz CT molecular complexity index is 455. The van der Waals surface area contributed by atoms with Gasteiger partial charge < -0.3 is 10.2 Å². The lowest BCUT2D eigenvalue weighted by atomic mass is 9.86. The minimum Gasteiger partial charge on any atom is -0.312 e. The zero-order valence-electron chi connectivity index (χ0n) is 14.4. The van der Waals surface area contributed by atoms with Crippen LogP contribution in [0.1, 0.15) is 55.3 Å². The van der Waals surface area contributed by atoms with Crippen LogP contribution in [0.25, 0.3) is 0 Å². The molecule has 21 heavy (non-hydrogen) atoms. The molecule has 0 saturated heterocycles. The van der Waals surface area contributed by atoms with Crippen LogP contribution < -0.4 is 5.32 Å². The van der Waals surface area contributed by atoms with Crippen LogP contribution in [-0.4, -0.2) is 31.6 Å². The van der Waals surface area contributed by atoms with Crippen molar-refractivity contribution in [1.29, 1.82) is 0 Å². The molecule has 1 aliphatic carbocycles. The van der Waals surface area contributed by atoms with E-state index in [0.717, 1.165) is 18.5 Å². The maximum atomic E-state index is 3.53. The second-order valence-corrected chi connectivity index (χ2v) is 7.07. The van der Waals surface area contributed by atoms with Crippen LogP contribution in [0.5, 0.6) is 0 Å². The Hall–Kier alpha value is -0.860. The summed E-state index contributed by atoms with van der Waals surface area (Å²) in [6, 6.07) is 7.98. The van der Waals surface area contributed by atoms with E-state index in [-0.39, 0.29) is 0 Å². The average molecular weight is 288 g/mol. The first-order valence-electron chi connectivity index (χ1n) is 8.46. The fourth-order valence-electron chi connectivity index (χ4n) is 3.72. The molecule has 0 aliphatic heterocycles. The molecular formula is C19H32N2. The van der Waals surface area contributed by atoms with Gasteiger partial charge in [-0.2, -0.15) is 0 Å². The van der Waals surface area contributed by atoms with Crippen LogP contribution in [0.2, 0.25) is 0 Å². The van der Waals surface area contributed by atoms with Crippen LogP contribution in [-0.2, 0) is 0 Å². The Morgan fingerprint density at radius 1 is 1.29 bits per heavy atom. The molecule has 0 amide bonds. The van der Waals surface area contributed by atoms with Crippen LogP contribution in [0, 0.1) is 19.8 Å². The Morgan fingerprint density at radius 3 is 2.71 bits per heavy atom. The lowest BCUT2D eigenvalue weighted by Gasteiger charge is -2.36. The number of rotatable bonds is 5. The van der Waals surface area contributed by atoms with Crippen molar-refractivity contribution in [3.63, 3.8) is 0 Å². The molecule has 2 rings (SSSR count). The molecule has 2 heteroatoms. The molecule has 0 spiro atoms. The fraction of sp³-hybridized carbons (Fsp3) is 0.684. The smallest absolute Gasteiger partial charge is 0.0449 e. The number of hydrogen-bond acceptors (Lipinski definition) is 2. The minimum absolute atomic E-state index is 0.423. The van der Waals surface area contributed by atoms with E-state index in [0.29, 0.717) is 6.04 Å². The Labute approximate surface area is 130 Å². The standard InChI is InChI=1S/C19H32N2/c1-14-7-6-8-17(11-14)21(5)13-19(20-4)18-12-15(2)9-10-16(18)3/h9-10,12,14,17,19-20H,6-8,11,13H2,1-5H3. The van der Waals surface area contributed by atoms with Crippen molar-refractivity contribution < 1.29 is 0 Å². The maximum Gasteiger partial charge on any atom is 0.0449 e. The highest BCUT2D eigenvalue weighted by Gasteiger charge is 2.24. The summed E-state index contributed by atoms with van der Waals surface area (Å²) >= 11 is 0. The summed E-state index contributed by atoms with van der Waals surface area (Å²) in [4.78, 5) is 2.58. The third kappa shape index (κ3) is 4.31. The first kappa shape index (κ1) is 16.5. The zero-order chi connectivity index (χ0) is 15.4. The number of hydrogen-bond donors (Lipinski definition) is 1. The van der Waals surface area contributed by atoms with Gasteiger partial charge in [0, 0.05) is 18.6 Å². The minimum atomic E-state index is 0.423. The van der Waals surface area contributed by atoms with Crippen molar-refractivity contribution in [2.75, 3.05) is 20.6 Å². The van der Waals surface area contributed by atoms with Gasteiger partial charge in [-0.15, -0.1) is 0 Å². The van der Waals surface area contributed by atoms with Crippen molar-refractivity contribution in [2.45, 2.75) is 58.5 Å². The molecule has 3 unspecified atom stereocenters. The summed E-state index contributed by atoms with van der Waals surface area (Å²) in [6.45, 7) is 7.91. The maximum absolute atomic E-state index is 3.53. The van der Waals surface area contributed by atoms with Gasteiger partial charge in [0.25, 0.3) is 0 Å².